The van der Waals surface area contributed by atoms with Crippen LogP contribution in [0.25, 0.3) is 0 Å². The van der Waals surface area contributed by atoms with Gasteiger partial charge in [0, 0.05) is 12.8 Å². The lowest BCUT2D eigenvalue weighted by Gasteiger charge is -2.23. The lowest BCUT2D eigenvalue weighted by Crippen LogP contribution is -2.55. The van der Waals surface area contributed by atoms with E-state index in [1.807, 2.05) is 36.4 Å². The van der Waals surface area contributed by atoms with Crippen molar-refractivity contribution in [1.29, 1.82) is 0 Å². The molecule has 0 unspecified atom stereocenters. The number of nitrogens with two attached hydrogens (primary N) is 2. The average Bonchev–Trinajstić information content (AvgIpc) is 2.77. The first-order valence-electron chi connectivity index (χ1n) is 10.2. The second kappa shape index (κ2) is 12.2. The third-order valence-electron chi connectivity index (χ3n) is 4.84. The van der Waals surface area contributed by atoms with E-state index in [2.05, 4.69) is 10.6 Å². The van der Waals surface area contributed by atoms with Crippen LogP contribution in [0.2, 0.25) is 0 Å². The van der Waals surface area contributed by atoms with Gasteiger partial charge in [-0.1, -0.05) is 60.7 Å². The second-order valence-electron chi connectivity index (χ2n) is 7.45. The van der Waals surface area contributed by atoms with E-state index in [-0.39, 0.29) is 25.7 Å². The van der Waals surface area contributed by atoms with Crippen LogP contribution in [0, 0.1) is 0 Å². The van der Waals surface area contributed by atoms with Gasteiger partial charge in [0.25, 0.3) is 0 Å². The minimum atomic E-state index is -1.32. The zero-order chi connectivity index (χ0) is 23.5. The van der Waals surface area contributed by atoms with E-state index in [4.69, 9.17) is 11.5 Å². The highest BCUT2D eigenvalue weighted by Gasteiger charge is 2.28. The van der Waals surface area contributed by atoms with Gasteiger partial charge in [0.1, 0.15) is 12.1 Å². The smallest absolute Gasteiger partial charge is 0.326 e. The van der Waals surface area contributed by atoms with Crippen molar-refractivity contribution < 1.29 is 24.3 Å². The van der Waals surface area contributed by atoms with Crippen molar-refractivity contribution in [3.8, 4) is 0 Å². The number of carboxylic acid groups (broad SMARTS) is 1. The first-order valence-corrected chi connectivity index (χ1v) is 10.2. The Morgan fingerprint density at radius 3 is 1.78 bits per heavy atom. The summed E-state index contributed by atoms with van der Waals surface area (Å²) in [6.07, 6.45) is 0.0617. The molecule has 0 aliphatic heterocycles. The van der Waals surface area contributed by atoms with E-state index in [0.29, 0.717) is 0 Å². The number of aliphatic carboxylic acids is 1. The number of carbonyl (C=O) groups excluding carboxylic acids is 3. The van der Waals surface area contributed by atoms with Gasteiger partial charge >= 0.3 is 5.97 Å². The van der Waals surface area contributed by atoms with Gasteiger partial charge in [-0.25, -0.2) is 4.79 Å². The van der Waals surface area contributed by atoms with Crippen LogP contribution in [-0.2, 0) is 32.0 Å². The molecule has 3 amide bonds. The highest BCUT2D eigenvalue weighted by atomic mass is 16.4. The molecule has 0 spiro atoms. The third-order valence-corrected chi connectivity index (χ3v) is 4.84. The minimum Gasteiger partial charge on any atom is -0.480 e. The molecule has 170 valence electrons. The molecule has 2 rings (SSSR count). The van der Waals surface area contributed by atoms with E-state index in [1.54, 1.807) is 24.3 Å². The fraction of sp³-hybridized carbons (Fsp3) is 0.304. The molecule has 0 aliphatic rings. The second-order valence-corrected chi connectivity index (χ2v) is 7.45. The fourth-order valence-electron chi connectivity index (χ4n) is 3.11. The van der Waals surface area contributed by atoms with E-state index < -0.39 is 41.8 Å². The summed E-state index contributed by atoms with van der Waals surface area (Å²) in [6.45, 7) is 0. The van der Waals surface area contributed by atoms with Crippen LogP contribution < -0.4 is 22.1 Å². The molecule has 2 aromatic carbocycles. The fourth-order valence-corrected chi connectivity index (χ4v) is 3.11. The lowest BCUT2D eigenvalue weighted by molar-refractivity contribution is -0.142. The van der Waals surface area contributed by atoms with Crippen molar-refractivity contribution in [1.82, 2.24) is 10.6 Å². The molecule has 32 heavy (non-hydrogen) atoms. The first kappa shape index (κ1) is 24.5. The van der Waals surface area contributed by atoms with Crippen LogP contribution >= 0.6 is 0 Å². The average molecular weight is 441 g/mol. The first-order chi connectivity index (χ1) is 15.3. The summed E-state index contributed by atoms with van der Waals surface area (Å²) in [7, 11) is 0. The summed E-state index contributed by atoms with van der Waals surface area (Å²) in [5.41, 5.74) is 12.8. The minimum absolute atomic E-state index is 0.138. The van der Waals surface area contributed by atoms with Crippen molar-refractivity contribution in [2.24, 2.45) is 11.5 Å². The summed E-state index contributed by atoms with van der Waals surface area (Å²) in [5.74, 6) is -3.20. The monoisotopic (exact) mass is 440 g/mol. The van der Waals surface area contributed by atoms with Crippen LogP contribution in [0.4, 0.5) is 0 Å². The van der Waals surface area contributed by atoms with Crippen molar-refractivity contribution in [3.63, 3.8) is 0 Å². The van der Waals surface area contributed by atoms with Crippen molar-refractivity contribution in [3.05, 3.63) is 71.8 Å². The summed E-state index contributed by atoms with van der Waals surface area (Å²) in [4.78, 5) is 48.1. The third kappa shape index (κ3) is 8.19. The molecule has 3 atom stereocenters. The molecule has 2 aromatic rings. The number of hydrogen-bond donors (Lipinski definition) is 5. The molecule has 0 aliphatic carbocycles. The van der Waals surface area contributed by atoms with Crippen LogP contribution in [-0.4, -0.2) is 46.9 Å². The van der Waals surface area contributed by atoms with Gasteiger partial charge in [0.2, 0.25) is 17.7 Å². The van der Waals surface area contributed by atoms with Crippen LogP contribution in [0.15, 0.2) is 60.7 Å². The lowest BCUT2D eigenvalue weighted by atomic mass is 10.0. The molecule has 7 N–H and O–H groups in total. The molecule has 0 aromatic heterocycles. The molecule has 0 saturated carbocycles. The normalized spacial score (nSPS) is 13.4. The molecular formula is C23H28N4O5. The number of benzene rings is 2. The number of amides is 3. The molecule has 0 fully saturated rings. The van der Waals surface area contributed by atoms with Gasteiger partial charge in [0.05, 0.1) is 6.04 Å². The van der Waals surface area contributed by atoms with E-state index in [0.717, 1.165) is 11.1 Å². The van der Waals surface area contributed by atoms with Crippen LogP contribution in [0.3, 0.4) is 0 Å². The Kier molecular flexibility index (Phi) is 9.37. The summed E-state index contributed by atoms with van der Waals surface area (Å²) in [5, 5.41) is 14.4. The molecule has 0 heterocycles. The Hall–Kier alpha value is -3.72. The predicted octanol–water partition coefficient (Wildman–Crippen LogP) is 0.119. The number of rotatable bonds is 12. The maximum atomic E-state index is 12.9. The van der Waals surface area contributed by atoms with Crippen LogP contribution in [0.1, 0.15) is 24.0 Å². The highest BCUT2D eigenvalue weighted by Crippen LogP contribution is 2.07. The van der Waals surface area contributed by atoms with E-state index in [1.165, 1.54) is 0 Å². The molecular weight excluding hydrogens is 412 g/mol. The van der Waals surface area contributed by atoms with Gasteiger partial charge in [0.15, 0.2) is 0 Å². The van der Waals surface area contributed by atoms with Crippen molar-refractivity contribution in [2.45, 2.75) is 43.8 Å². The zero-order valence-corrected chi connectivity index (χ0v) is 17.6. The molecule has 0 bridgehead atoms. The number of carbonyl (C=O) groups is 4. The van der Waals surface area contributed by atoms with E-state index in [9.17, 15) is 24.3 Å². The van der Waals surface area contributed by atoms with Gasteiger partial charge in [-0.15, -0.1) is 0 Å². The number of carboxylic acids is 1. The molecule has 0 saturated heterocycles. The Morgan fingerprint density at radius 1 is 0.781 bits per heavy atom. The Balaban J connectivity index is 2.11. The van der Waals surface area contributed by atoms with Crippen molar-refractivity contribution >= 4 is 23.7 Å². The number of nitrogens with one attached hydrogen (secondary N) is 2. The van der Waals surface area contributed by atoms with Gasteiger partial charge in [-0.05, 0) is 24.0 Å². The standard InChI is InChI=1S/C23H28N4O5/c24-17(13-15-7-3-1-4-8-15)21(29)27-19(14-16-9-5-2-6-10-16)22(30)26-18(23(31)32)11-12-20(25)28/h1-10,17-19H,11-14,24H2,(H2,25,28)(H,26,30)(H,27,29)(H,31,32)/t17-,18-,19-/m0/s1. The van der Waals surface area contributed by atoms with Crippen molar-refractivity contribution in [2.75, 3.05) is 0 Å². The maximum Gasteiger partial charge on any atom is 0.326 e. The maximum absolute atomic E-state index is 12.9. The van der Waals surface area contributed by atoms with Gasteiger partial charge < -0.3 is 27.2 Å². The van der Waals surface area contributed by atoms with Gasteiger partial charge in [-0.3, -0.25) is 14.4 Å². The molecule has 0 radical (unpaired) electrons. The molecule has 9 nitrogen and oxygen atoms in total. The number of hydrogen-bond acceptors (Lipinski definition) is 5. The zero-order valence-electron chi connectivity index (χ0n) is 17.6. The number of primary amides is 1. The summed E-state index contributed by atoms with van der Waals surface area (Å²) in [6, 6.07) is 14.9. The summed E-state index contributed by atoms with van der Waals surface area (Å²) < 4.78 is 0. The Morgan fingerprint density at radius 2 is 1.28 bits per heavy atom. The summed E-state index contributed by atoms with van der Waals surface area (Å²) >= 11 is 0. The van der Waals surface area contributed by atoms with Gasteiger partial charge in [-0.2, -0.15) is 0 Å². The highest BCUT2D eigenvalue weighted by molar-refractivity contribution is 5.92. The predicted molar refractivity (Wildman–Crippen MR) is 118 cm³/mol. The Labute approximate surface area is 186 Å². The quantitative estimate of drug-likeness (QED) is 0.314. The topological polar surface area (TPSA) is 165 Å². The largest absolute Gasteiger partial charge is 0.480 e. The SMILES string of the molecule is NC(=O)CC[C@H](NC(=O)[C@H](Cc1ccccc1)NC(=O)[C@@H](N)Cc1ccccc1)C(=O)O. The molecule has 9 heteroatoms. The van der Waals surface area contributed by atoms with E-state index >= 15 is 0 Å². The van der Waals surface area contributed by atoms with Crippen LogP contribution in [0.5, 0.6) is 0 Å². The Bertz CT molecular complexity index is 920.